The van der Waals surface area contributed by atoms with Gasteiger partial charge in [0.05, 0.1) is 12.8 Å². The van der Waals surface area contributed by atoms with Crippen LogP contribution in [-0.4, -0.2) is 28.5 Å². The Morgan fingerprint density at radius 3 is 1.73 bits per heavy atom. The predicted octanol–water partition coefficient (Wildman–Crippen LogP) is 5.75. The molecule has 0 bridgehead atoms. The van der Waals surface area contributed by atoms with Crippen LogP contribution in [0, 0.1) is 0 Å². The van der Waals surface area contributed by atoms with Crippen molar-refractivity contribution in [2.24, 2.45) is 0 Å². The highest BCUT2D eigenvalue weighted by atomic mass is 31.2. The maximum absolute atomic E-state index is 11.4. The molecule has 6 nitrogen and oxygen atoms in total. The summed E-state index contributed by atoms with van der Waals surface area (Å²) in [6.45, 7) is 10.9. The third-order valence-corrected chi connectivity index (χ3v) is 5.29. The van der Waals surface area contributed by atoms with E-state index in [0.29, 0.717) is 0 Å². The molecule has 0 radical (unpaired) electrons. The monoisotopic (exact) mass is 441 g/mol. The molecule has 0 rings (SSSR count). The van der Waals surface area contributed by atoms with Gasteiger partial charge in [-0.2, -0.15) is 0 Å². The Balaban J connectivity index is 3.99. The van der Waals surface area contributed by atoms with Gasteiger partial charge in [-0.15, -0.1) is 0 Å². The molecule has 0 aromatic heterocycles. The molecule has 30 heavy (non-hydrogen) atoms. The lowest BCUT2D eigenvalue weighted by Crippen LogP contribution is -2.24. The van der Waals surface area contributed by atoms with Crippen LogP contribution in [0.3, 0.4) is 0 Å². The number of carbonyl (C=O) groups excluding carboxylic acids is 1. The first-order chi connectivity index (χ1) is 14.0. The zero-order chi connectivity index (χ0) is 23.0. The second kappa shape index (κ2) is 16.3. The van der Waals surface area contributed by atoms with E-state index in [9.17, 15) is 9.36 Å². The van der Waals surface area contributed by atoms with Crippen molar-refractivity contribution in [1.82, 2.24) is 5.48 Å². The molecule has 7 heteroatoms. The van der Waals surface area contributed by atoms with E-state index < -0.39 is 19.7 Å². The lowest BCUT2D eigenvalue weighted by atomic mass is 10.0. The fourth-order valence-corrected chi connectivity index (χ4v) is 3.09. The zero-order valence-electron chi connectivity index (χ0n) is 19.2. The lowest BCUT2D eigenvalue weighted by molar-refractivity contribution is -0.132. The van der Waals surface area contributed by atoms with Gasteiger partial charge >= 0.3 is 7.60 Å². The highest BCUT2D eigenvalue weighted by molar-refractivity contribution is 7.51. The lowest BCUT2D eigenvalue weighted by Gasteiger charge is -2.06. The van der Waals surface area contributed by atoms with Gasteiger partial charge in [-0.25, -0.2) is 5.48 Å². The number of amides is 1. The molecular formula is C23H40NO5P. The van der Waals surface area contributed by atoms with Gasteiger partial charge in [0.15, 0.2) is 0 Å². The van der Waals surface area contributed by atoms with Crippen molar-refractivity contribution in [3.05, 3.63) is 46.6 Å². The van der Waals surface area contributed by atoms with Gasteiger partial charge in [-0.05, 0) is 73.1 Å². The topological polar surface area (TPSA) is 95.9 Å². The van der Waals surface area contributed by atoms with E-state index in [1.807, 2.05) is 13.0 Å². The standard InChI is InChI=1S/C23H40NO5P/c1-19(2)9-6-10-20(3)11-7-12-21(4)13-8-14-22(5)15-17-29-24-23(25)16-18-30(26,27)28/h9,11,13,15H,6-8,10,12,14,16-18H2,1-5H3,(H,24,25)(H2,26,27,28)/b20-11+,21-13+,22-15+. The van der Waals surface area contributed by atoms with Gasteiger partial charge < -0.3 is 9.79 Å². The number of nitrogens with one attached hydrogen (secondary N) is 1. The summed E-state index contributed by atoms with van der Waals surface area (Å²) in [4.78, 5) is 33.8. The summed E-state index contributed by atoms with van der Waals surface area (Å²) in [5, 5.41) is 0. The van der Waals surface area contributed by atoms with Gasteiger partial charge in [0.1, 0.15) is 0 Å². The first-order valence-corrected chi connectivity index (χ1v) is 12.3. The van der Waals surface area contributed by atoms with E-state index in [4.69, 9.17) is 14.6 Å². The van der Waals surface area contributed by atoms with Gasteiger partial charge in [0.2, 0.25) is 5.91 Å². The van der Waals surface area contributed by atoms with Crippen LogP contribution < -0.4 is 5.48 Å². The smallest absolute Gasteiger partial charge is 0.324 e. The summed E-state index contributed by atoms with van der Waals surface area (Å²) < 4.78 is 10.7. The van der Waals surface area contributed by atoms with E-state index in [-0.39, 0.29) is 13.0 Å². The molecule has 0 aliphatic rings. The highest BCUT2D eigenvalue weighted by Gasteiger charge is 2.15. The Morgan fingerprint density at radius 2 is 1.27 bits per heavy atom. The first kappa shape index (κ1) is 28.5. The van der Waals surface area contributed by atoms with E-state index in [1.165, 1.54) is 22.3 Å². The van der Waals surface area contributed by atoms with Crippen molar-refractivity contribution in [2.75, 3.05) is 12.8 Å². The Morgan fingerprint density at radius 1 is 0.800 bits per heavy atom. The van der Waals surface area contributed by atoms with Crippen molar-refractivity contribution >= 4 is 13.5 Å². The van der Waals surface area contributed by atoms with Crippen molar-refractivity contribution in [3.8, 4) is 0 Å². The predicted molar refractivity (Wildman–Crippen MR) is 124 cm³/mol. The van der Waals surface area contributed by atoms with Crippen molar-refractivity contribution in [1.29, 1.82) is 0 Å². The van der Waals surface area contributed by atoms with Crippen LogP contribution in [0.25, 0.3) is 0 Å². The summed E-state index contributed by atoms with van der Waals surface area (Å²) in [7, 11) is -4.15. The number of hydroxylamine groups is 1. The van der Waals surface area contributed by atoms with Crippen molar-refractivity contribution in [2.45, 2.75) is 79.6 Å². The maximum atomic E-state index is 11.4. The fraction of sp³-hybridized carbons (Fsp3) is 0.609. The maximum Gasteiger partial charge on any atom is 0.326 e. The highest BCUT2D eigenvalue weighted by Crippen LogP contribution is 2.34. The van der Waals surface area contributed by atoms with Gasteiger partial charge in [0, 0.05) is 6.42 Å². The minimum absolute atomic E-state index is 0.229. The second-order valence-corrected chi connectivity index (χ2v) is 9.80. The SMILES string of the molecule is CC(C)=CCC/C(C)=C/CC/C(C)=C/CC/C(C)=C/CONC(=O)CCP(=O)(O)O. The number of rotatable bonds is 15. The summed E-state index contributed by atoms with van der Waals surface area (Å²) in [6, 6.07) is 0. The molecule has 172 valence electrons. The third-order valence-electron chi connectivity index (χ3n) is 4.49. The molecule has 3 N–H and O–H groups in total. The Kier molecular flexibility index (Phi) is 15.5. The molecule has 0 aliphatic carbocycles. The van der Waals surface area contributed by atoms with Gasteiger partial charge in [0.25, 0.3) is 0 Å². The zero-order valence-corrected chi connectivity index (χ0v) is 20.1. The number of allylic oxidation sites excluding steroid dienone is 7. The van der Waals surface area contributed by atoms with Gasteiger partial charge in [-0.1, -0.05) is 46.6 Å². The minimum Gasteiger partial charge on any atom is -0.324 e. The molecule has 0 fully saturated rings. The summed E-state index contributed by atoms with van der Waals surface area (Å²) in [6.07, 6.45) is 14.3. The summed E-state index contributed by atoms with van der Waals surface area (Å²) >= 11 is 0. The average molecular weight is 442 g/mol. The molecule has 0 saturated heterocycles. The Labute approximate surface area is 182 Å². The molecule has 0 aromatic rings. The Hall–Kier alpha value is -1.46. The van der Waals surface area contributed by atoms with Crippen LogP contribution >= 0.6 is 7.60 Å². The molecule has 0 unspecified atom stereocenters. The summed E-state index contributed by atoms with van der Waals surface area (Å²) in [5.74, 6) is -0.538. The first-order valence-electron chi connectivity index (χ1n) is 10.5. The largest absolute Gasteiger partial charge is 0.326 e. The molecule has 0 atom stereocenters. The molecule has 0 spiro atoms. The van der Waals surface area contributed by atoms with Crippen LogP contribution in [0.5, 0.6) is 0 Å². The number of carbonyl (C=O) groups is 1. The van der Waals surface area contributed by atoms with E-state index in [1.54, 1.807) is 0 Å². The molecule has 0 heterocycles. The second-order valence-electron chi connectivity index (χ2n) is 8.02. The minimum atomic E-state index is -4.15. The van der Waals surface area contributed by atoms with Crippen LogP contribution in [0.4, 0.5) is 0 Å². The van der Waals surface area contributed by atoms with E-state index >= 15 is 0 Å². The third kappa shape index (κ3) is 19.8. The molecule has 0 aromatic carbocycles. The van der Waals surface area contributed by atoms with Crippen LogP contribution in [0.1, 0.15) is 79.6 Å². The molecular weight excluding hydrogens is 401 g/mol. The molecule has 1 amide bonds. The molecule has 0 saturated carbocycles. The van der Waals surface area contributed by atoms with E-state index in [2.05, 4.69) is 51.4 Å². The number of hydrogen-bond donors (Lipinski definition) is 3. The Bertz CT molecular complexity index is 682. The van der Waals surface area contributed by atoms with Crippen molar-refractivity contribution in [3.63, 3.8) is 0 Å². The summed E-state index contributed by atoms with van der Waals surface area (Å²) in [5.41, 5.74) is 7.57. The molecule has 0 aliphatic heterocycles. The fourth-order valence-electron chi connectivity index (χ4n) is 2.59. The van der Waals surface area contributed by atoms with Crippen LogP contribution in [0.2, 0.25) is 0 Å². The van der Waals surface area contributed by atoms with Gasteiger partial charge in [-0.3, -0.25) is 14.2 Å². The van der Waals surface area contributed by atoms with E-state index in [0.717, 1.165) is 38.5 Å². The number of hydrogen-bond acceptors (Lipinski definition) is 3. The van der Waals surface area contributed by atoms with Crippen LogP contribution in [0.15, 0.2) is 46.6 Å². The normalized spacial score (nSPS) is 13.4. The van der Waals surface area contributed by atoms with Crippen LogP contribution in [-0.2, 0) is 14.2 Å². The van der Waals surface area contributed by atoms with Crippen molar-refractivity contribution < 1.29 is 24.0 Å². The average Bonchev–Trinajstić information content (AvgIpc) is 2.62. The quantitative estimate of drug-likeness (QED) is 0.130.